The summed E-state index contributed by atoms with van der Waals surface area (Å²) < 4.78 is 38.1. The van der Waals surface area contributed by atoms with Gasteiger partial charge in [0.15, 0.2) is 11.5 Å². The maximum absolute atomic E-state index is 12.7. The third-order valence-corrected chi connectivity index (χ3v) is 6.12. The molecule has 1 aromatic heterocycles. The van der Waals surface area contributed by atoms with Crippen LogP contribution in [-0.4, -0.2) is 53.2 Å². The molecule has 0 unspecified atom stereocenters. The highest BCUT2D eigenvalue weighted by atomic mass is 19.4. The van der Waals surface area contributed by atoms with Crippen LogP contribution in [0, 0.1) is 17.8 Å². The monoisotopic (exact) mass is 399 g/mol. The lowest BCUT2D eigenvalue weighted by atomic mass is 9.94. The highest BCUT2D eigenvalue weighted by molar-refractivity contribution is 5.79. The van der Waals surface area contributed by atoms with Crippen LogP contribution >= 0.6 is 0 Å². The quantitative estimate of drug-likeness (QED) is 0.796. The summed E-state index contributed by atoms with van der Waals surface area (Å²) in [4.78, 5) is 16.1. The van der Waals surface area contributed by atoms with Gasteiger partial charge in [-0.05, 0) is 56.2 Å². The van der Waals surface area contributed by atoms with E-state index in [9.17, 15) is 18.0 Å². The Bertz CT molecular complexity index is 694. The summed E-state index contributed by atoms with van der Waals surface area (Å²) >= 11 is 0. The summed E-state index contributed by atoms with van der Waals surface area (Å²) in [5.74, 6) is 1.30. The number of hydrogen-bond acceptors (Lipinski definition) is 5. The van der Waals surface area contributed by atoms with Crippen molar-refractivity contribution in [2.45, 2.75) is 51.4 Å². The average Bonchev–Trinajstić information content (AvgIpc) is 3.18. The van der Waals surface area contributed by atoms with Crippen LogP contribution in [0.15, 0.2) is 12.1 Å². The van der Waals surface area contributed by atoms with E-state index in [2.05, 4.69) is 28.9 Å². The van der Waals surface area contributed by atoms with Crippen molar-refractivity contribution in [3.63, 3.8) is 0 Å². The van der Waals surface area contributed by atoms with Crippen molar-refractivity contribution in [3.8, 4) is 0 Å². The van der Waals surface area contributed by atoms with Gasteiger partial charge in [0, 0.05) is 19.1 Å². The van der Waals surface area contributed by atoms with Gasteiger partial charge in [0.05, 0.1) is 6.04 Å². The number of carbonyl (C=O) groups is 1. The number of nitrogens with zero attached hydrogens (tertiary/aromatic N) is 4. The van der Waals surface area contributed by atoms with Gasteiger partial charge in [0.1, 0.15) is 0 Å². The van der Waals surface area contributed by atoms with Crippen LogP contribution in [0.3, 0.4) is 0 Å². The molecule has 4 atom stereocenters. The van der Waals surface area contributed by atoms with Crippen LogP contribution in [0.25, 0.3) is 0 Å². The van der Waals surface area contributed by atoms with Gasteiger partial charge in [-0.3, -0.25) is 9.69 Å². The van der Waals surface area contributed by atoms with Crippen molar-refractivity contribution in [2.75, 3.05) is 25.0 Å². The zero-order valence-corrected chi connectivity index (χ0v) is 16.5. The number of aromatic nitrogens is 2. The number of alkyl halides is 3. The van der Waals surface area contributed by atoms with E-state index >= 15 is 0 Å². The number of halogens is 3. The van der Waals surface area contributed by atoms with E-state index in [1.165, 1.54) is 6.07 Å². The molecular formula is C19H28F3N5O. The Hall–Kier alpha value is -1.90. The molecule has 1 saturated heterocycles. The highest BCUT2D eigenvalue weighted by Crippen LogP contribution is 2.42. The molecule has 1 saturated carbocycles. The molecule has 2 N–H and O–H groups in total. The molecule has 2 fully saturated rings. The number of rotatable bonds is 6. The average molecular weight is 399 g/mol. The number of carbonyl (C=O) groups excluding carboxylic acids is 1. The molecule has 28 heavy (non-hydrogen) atoms. The van der Waals surface area contributed by atoms with E-state index in [-0.39, 0.29) is 18.0 Å². The lowest BCUT2D eigenvalue weighted by Crippen LogP contribution is -2.50. The second-order valence-corrected chi connectivity index (χ2v) is 8.46. The molecule has 1 aliphatic heterocycles. The van der Waals surface area contributed by atoms with E-state index in [1.807, 2.05) is 11.9 Å². The maximum atomic E-state index is 12.7. The van der Waals surface area contributed by atoms with Gasteiger partial charge in [-0.1, -0.05) is 13.8 Å². The number of amides is 1. The van der Waals surface area contributed by atoms with Crippen molar-refractivity contribution >= 4 is 11.7 Å². The molecule has 2 aliphatic rings. The molecule has 0 bridgehead atoms. The van der Waals surface area contributed by atoms with E-state index in [0.29, 0.717) is 36.5 Å². The van der Waals surface area contributed by atoms with Gasteiger partial charge < -0.3 is 10.6 Å². The fourth-order valence-electron chi connectivity index (χ4n) is 4.74. The number of primary amides is 1. The number of hydrogen-bond donors (Lipinski definition) is 1. The van der Waals surface area contributed by atoms with Gasteiger partial charge in [-0.25, -0.2) is 0 Å². The molecule has 156 valence electrons. The number of anilines is 1. The van der Waals surface area contributed by atoms with Crippen LogP contribution in [0.2, 0.25) is 0 Å². The van der Waals surface area contributed by atoms with Gasteiger partial charge in [-0.15, -0.1) is 10.2 Å². The maximum Gasteiger partial charge on any atom is 0.435 e. The highest BCUT2D eigenvalue weighted by Gasteiger charge is 2.46. The first-order valence-electron chi connectivity index (χ1n) is 9.75. The lowest BCUT2D eigenvalue weighted by molar-refractivity contribution is -0.141. The summed E-state index contributed by atoms with van der Waals surface area (Å²) in [6.07, 6.45) is -1.74. The van der Waals surface area contributed by atoms with Crippen LogP contribution < -0.4 is 10.6 Å². The van der Waals surface area contributed by atoms with Crippen LogP contribution in [0.4, 0.5) is 19.0 Å². The molecule has 1 amide bonds. The zero-order chi connectivity index (χ0) is 20.6. The summed E-state index contributed by atoms with van der Waals surface area (Å²) in [5, 5.41) is 7.13. The van der Waals surface area contributed by atoms with Gasteiger partial charge in [-0.2, -0.15) is 13.2 Å². The van der Waals surface area contributed by atoms with Crippen molar-refractivity contribution in [3.05, 3.63) is 17.8 Å². The third kappa shape index (κ3) is 4.24. The van der Waals surface area contributed by atoms with E-state index in [1.54, 1.807) is 0 Å². The minimum atomic E-state index is -4.49. The van der Waals surface area contributed by atoms with Gasteiger partial charge >= 0.3 is 6.18 Å². The van der Waals surface area contributed by atoms with Crippen molar-refractivity contribution in [1.29, 1.82) is 0 Å². The first kappa shape index (κ1) is 20.8. The normalized spacial score (nSPS) is 26.1. The van der Waals surface area contributed by atoms with Crippen LogP contribution in [0.1, 0.15) is 38.8 Å². The Morgan fingerprint density at radius 1 is 1.29 bits per heavy atom. The van der Waals surface area contributed by atoms with Crippen molar-refractivity contribution in [2.24, 2.45) is 23.5 Å². The SMILES string of the molecule is CC(C)C[C@@H](C(N)=O)N(C)[C@H]1CC[C@@H]2CN(c3ccc(C(F)(F)F)nn3)C[C@@H]21. The summed E-state index contributed by atoms with van der Waals surface area (Å²) in [7, 11) is 1.96. The Kier molecular flexibility index (Phi) is 5.84. The van der Waals surface area contributed by atoms with Crippen molar-refractivity contribution < 1.29 is 18.0 Å². The van der Waals surface area contributed by atoms with Crippen LogP contribution in [-0.2, 0) is 11.0 Å². The number of fused-ring (bicyclic) bond motifs is 1. The molecule has 0 radical (unpaired) electrons. The first-order chi connectivity index (χ1) is 13.1. The predicted molar refractivity (Wildman–Crippen MR) is 99.4 cm³/mol. The summed E-state index contributed by atoms with van der Waals surface area (Å²) in [5.41, 5.74) is 4.68. The standard InChI is InChI=1S/C19H28F3N5O/c1-11(2)8-15(18(23)28)26(3)14-5-4-12-9-27(10-13(12)14)17-7-6-16(24-25-17)19(20,21)22/h6-7,11-15H,4-5,8-10H2,1-3H3,(H2,23,28)/t12-,13+,14+,15+/m1/s1. The summed E-state index contributed by atoms with van der Waals surface area (Å²) in [6.45, 7) is 5.59. The van der Waals surface area contributed by atoms with Gasteiger partial charge in [0.2, 0.25) is 5.91 Å². The third-order valence-electron chi connectivity index (χ3n) is 6.12. The largest absolute Gasteiger partial charge is 0.435 e. The molecular weight excluding hydrogens is 371 g/mol. The Morgan fingerprint density at radius 2 is 2.00 bits per heavy atom. The minimum Gasteiger partial charge on any atom is -0.368 e. The van der Waals surface area contributed by atoms with E-state index in [0.717, 1.165) is 25.5 Å². The number of nitrogens with two attached hydrogens (primary N) is 1. The fraction of sp³-hybridized carbons (Fsp3) is 0.737. The minimum absolute atomic E-state index is 0.230. The Labute approximate surface area is 163 Å². The summed E-state index contributed by atoms with van der Waals surface area (Å²) in [6, 6.07) is 2.30. The molecule has 1 aliphatic carbocycles. The van der Waals surface area contributed by atoms with E-state index < -0.39 is 11.9 Å². The molecule has 1 aromatic rings. The smallest absolute Gasteiger partial charge is 0.368 e. The fourth-order valence-corrected chi connectivity index (χ4v) is 4.74. The molecule has 3 rings (SSSR count). The molecule has 2 heterocycles. The van der Waals surface area contributed by atoms with Crippen LogP contribution in [0.5, 0.6) is 0 Å². The molecule has 0 spiro atoms. The Balaban J connectivity index is 1.70. The van der Waals surface area contributed by atoms with E-state index in [4.69, 9.17) is 5.73 Å². The second kappa shape index (κ2) is 7.85. The first-order valence-corrected chi connectivity index (χ1v) is 9.75. The topological polar surface area (TPSA) is 75.4 Å². The predicted octanol–water partition coefficient (Wildman–Crippen LogP) is 2.54. The number of likely N-dealkylation sites (N-methyl/N-ethyl adjacent to an activating group) is 1. The van der Waals surface area contributed by atoms with Crippen molar-refractivity contribution in [1.82, 2.24) is 15.1 Å². The molecule has 0 aromatic carbocycles. The van der Waals surface area contributed by atoms with Gasteiger partial charge in [0.25, 0.3) is 0 Å². The Morgan fingerprint density at radius 3 is 2.54 bits per heavy atom. The second-order valence-electron chi connectivity index (χ2n) is 8.46. The lowest BCUT2D eigenvalue weighted by Gasteiger charge is -2.35. The molecule has 9 heteroatoms. The molecule has 6 nitrogen and oxygen atoms in total. The zero-order valence-electron chi connectivity index (χ0n) is 16.5.